The van der Waals surface area contributed by atoms with Crippen molar-refractivity contribution in [3.05, 3.63) is 11.6 Å². The highest BCUT2D eigenvalue weighted by Gasteiger charge is 2.10. The van der Waals surface area contributed by atoms with Crippen molar-refractivity contribution in [2.75, 3.05) is 0 Å². The Hall–Kier alpha value is -1.44. The molecule has 0 aromatic carbocycles. The SMILES string of the molecule is CCCCn1nnc(F)c1C#N. The third-order valence-electron chi connectivity index (χ3n) is 1.52. The van der Waals surface area contributed by atoms with Gasteiger partial charge in [-0.2, -0.15) is 9.65 Å². The van der Waals surface area contributed by atoms with Crippen LogP contribution in [0.5, 0.6) is 0 Å². The Morgan fingerprint density at radius 1 is 1.67 bits per heavy atom. The Bertz CT molecular complexity index is 299. The summed E-state index contributed by atoms with van der Waals surface area (Å²) in [4.78, 5) is 0. The van der Waals surface area contributed by atoms with Crippen LogP contribution in [-0.2, 0) is 6.54 Å². The Morgan fingerprint density at radius 2 is 2.42 bits per heavy atom. The maximum Gasteiger partial charge on any atom is 0.270 e. The Morgan fingerprint density at radius 3 is 3.00 bits per heavy atom. The zero-order valence-corrected chi connectivity index (χ0v) is 6.79. The Kier molecular flexibility index (Phi) is 2.75. The molecule has 1 rings (SSSR count). The van der Waals surface area contributed by atoms with E-state index in [4.69, 9.17) is 5.26 Å². The van der Waals surface area contributed by atoms with Gasteiger partial charge in [0.2, 0.25) is 0 Å². The maximum absolute atomic E-state index is 12.6. The van der Waals surface area contributed by atoms with Crippen LogP contribution in [0.25, 0.3) is 0 Å². The van der Waals surface area contributed by atoms with Gasteiger partial charge in [0.25, 0.3) is 5.95 Å². The van der Waals surface area contributed by atoms with Gasteiger partial charge in [-0.15, -0.1) is 0 Å². The van der Waals surface area contributed by atoms with E-state index in [0.717, 1.165) is 12.8 Å². The number of rotatable bonds is 3. The molecule has 4 nitrogen and oxygen atoms in total. The van der Waals surface area contributed by atoms with Gasteiger partial charge >= 0.3 is 0 Å². The molecular formula is C7H9FN4. The van der Waals surface area contributed by atoms with Crippen molar-refractivity contribution in [3.8, 4) is 6.07 Å². The third kappa shape index (κ3) is 1.59. The van der Waals surface area contributed by atoms with Crippen LogP contribution in [0.15, 0.2) is 0 Å². The predicted octanol–water partition coefficient (Wildman–Crippen LogP) is 1.09. The van der Waals surface area contributed by atoms with E-state index in [2.05, 4.69) is 10.3 Å². The molecule has 64 valence electrons. The van der Waals surface area contributed by atoms with Gasteiger partial charge in [0.1, 0.15) is 6.07 Å². The van der Waals surface area contributed by atoms with Crippen LogP contribution < -0.4 is 0 Å². The molecule has 0 fully saturated rings. The summed E-state index contributed by atoms with van der Waals surface area (Å²) in [7, 11) is 0. The van der Waals surface area contributed by atoms with E-state index in [0.29, 0.717) is 6.54 Å². The molecule has 0 bridgehead atoms. The lowest BCUT2D eigenvalue weighted by Gasteiger charge is -1.97. The standard InChI is InChI=1S/C7H9FN4/c1-2-3-4-12-6(5-9)7(8)10-11-12/h2-4H2,1H3. The number of unbranched alkanes of at least 4 members (excludes halogenated alkanes) is 1. The van der Waals surface area contributed by atoms with E-state index >= 15 is 0 Å². The van der Waals surface area contributed by atoms with Gasteiger partial charge in [0, 0.05) is 6.54 Å². The van der Waals surface area contributed by atoms with Crippen LogP contribution in [0.4, 0.5) is 4.39 Å². The summed E-state index contributed by atoms with van der Waals surface area (Å²) in [6.07, 6.45) is 1.85. The Labute approximate surface area is 69.6 Å². The molecule has 0 unspecified atom stereocenters. The highest BCUT2D eigenvalue weighted by atomic mass is 19.1. The minimum absolute atomic E-state index is 0.0801. The van der Waals surface area contributed by atoms with Gasteiger partial charge in [-0.1, -0.05) is 23.7 Å². The second kappa shape index (κ2) is 3.81. The summed E-state index contributed by atoms with van der Waals surface area (Å²) in [5, 5.41) is 15.2. The minimum Gasteiger partial charge on any atom is -0.232 e. The molecule has 12 heavy (non-hydrogen) atoms. The minimum atomic E-state index is -0.784. The predicted molar refractivity (Wildman–Crippen MR) is 39.6 cm³/mol. The fourth-order valence-corrected chi connectivity index (χ4v) is 0.860. The zero-order chi connectivity index (χ0) is 8.97. The average molecular weight is 168 g/mol. The fourth-order valence-electron chi connectivity index (χ4n) is 0.860. The first-order valence-electron chi connectivity index (χ1n) is 3.78. The van der Waals surface area contributed by atoms with Crippen molar-refractivity contribution in [2.24, 2.45) is 0 Å². The number of hydrogen-bond donors (Lipinski definition) is 0. The van der Waals surface area contributed by atoms with Crippen molar-refractivity contribution in [2.45, 2.75) is 26.3 Å². The quantitative estimate of drug-likeness (QED) is 0.678. The van der Waals surface area contributed by atoms with Crippen LogP contribution in [0.3, 0.4) is 0 Å². The Balaban J connectivity index is 2.79. The third-order valence-corrected chi connectivity index (χ3v) is 1.52. The van der Waals surface area contributed by atoms with Crippen LogP contribution >= 0.6 is 0 Å². The summed E-state index contributed by atoms with van der Waals surface area (Å²) in [6, 6.07) is 1.72. The number of hydrogen-bond acceptors (Lipinski definition) is 3. The molecule has 0 N–H and O–H groups in total. The van der Waals surface area contributed by atoms with E-state index in [1.165, 1.54) is 4.68 Å². The molecule has 0 aliphatic rings. The van der Waals surface area contributed by atoms with Crippen molar-refractivity contribution >= 4 is 0 Å². The van der Waals surface area contributed by atoms with E-state index in [1.807, 2.05) is 6.92 Å². The molecule has 0 atom stereocenters. The average Bonchev–Trinajstić information content (AvgIpc) is 2.43. The van der Waals surface area contributed by atoms with E-state index in [-0.39, 0.29) is 5.69 Å². The maximum atomic E-state index is 12.6. The summed E-state index contributed by atoms with van der Waals surface area (Å²) in [6.45, 7) is 2.57. The second-order valence-electron chi connectivity index (χ2n) is 2.42. The van der Waals surface area contributed by atoms with Crippen molar-refractivity contribution in [1.29, 1.82) is 5.26 Å². The molecule has 0 saturated heterocycles. The summed E-state index contributed by atoms with van der Waals surface area (Å²) in [5.41, 5.74) is -0.0801. The topological polar surface area (TPSA) is 54.5 Å². The highest BCUT2D eigenvalue weighted by Crippen LogP contribution is 2.02. The normalized spacial score (nSPS) is 9.75. The van der Waals surface area contributed by atoms with Gasteiger partial charge in [-0.25, -0.2) is 4.68 Å². The molecule has 5 heteroatoms. The molecule has 1 aromatic heterocycles. The molecule has 0 spiro atoms. The molecule has 1 heterocycles. The van der Waals surface area contributed by atoms with Crippen molar-refractivity contribution in [3.63, 3.8) is 0 Å². The number of aryl methyl sites for hydroxylation is 1. The highest BCUT2D eigenvalue weighted by molar-refractivity contribution is 5.16. The van der Waals surface area contributed by atoms with Crippen molar-refractivity contribution < 1.29 is 4.39 Å². The smallest absolute Gasteiger partial charge is 0.232 e. The van der Waals surface area contributed by atoms with E-state index < -0.39 is 5.95 Å². The van der Waals surface area contributed by atoms with Gasteiger partial charge in [0.05, 0.1) is 0 Å². The first kappa shape index (κ1) is 8.65. The van der Waals surface area contributed by atoms with Crippen molar-refractivity contribution in [1.82, 2.24) is 15.0 Å². The molecular weight excluding hydrogens is 159 g/mol. The summed E-state index contributed by atoms with van der Waals surface area (Å²) < 4.78 is 13.9. The molecule has 1 aromatic rings. The summed E-state index contributed by atoms with van der Waals surface area (Å²) in [5.74, 6) is -0.784. The molecule has 0 aliphatic heterocycles. The lowest BCUT2D eigenvalue weighted by Crippen LogP contribution is -2.03. The number of nitrogens with zero attached hydrogens (tertiary/aromatic N) is 4. The summed E-state index contributed by atoms with van der Waals surface area (Å²) >= 11 is 0. The first-order valence-corrected chi connectivity index (χ1v) is 3.78. The second-order valence-corrected chi connectivity index (χ2v) is 2.42. The molecule has 0 saturated carbocycles. The van der Waals surface area contributed by atoms with Crippen LogP contribution in [0, 0.1) is 17.3 Å². The lowest BCUT2D eigenvalue weighted by molar-refractivity contribution is 0.548. The van der Waals surface area contributed by atoms with E-state index in [9.17, 15) is 4.39 Å². The fraction of sp³-hybridized carbons (Fsp3) is 0.571. The van der Waals surface area contributed by atoms with Crippen LogP contribution in [0.1, 0.15) is 25.5 Å². The van der Waals surface area contributed by atoms with E-state index in [1.54, 1.807) is 6.07 Å². The molecule has 0 amide bonds. The largest absolute Gasteiger partial charge is 0.270 e. The van der Waals surface area contributed by atoms with Gasteiger partial charge < -0.3 is 0 Å². The lowest BCUT2D eigenvalue weighted by atomic mass is 10.3. The van der Waals surface area contributed by atoms with Crippen LogP contribution in [-0.4, -0.2) is 15.0 Å². The van der Waals surface area contributed by atoms with Gasteiger partial charge in [-0.05, 0) is 6.42 Å². The molecule has 0 aliphatic carbocycles. The van der Waals surface area contributed by atoms with Gasteiger partial charge in [-0.3, -0.25) is 0 Å². The zero-order valence-electron chi connectivity index (χ0n) is 6.79. The molecule has 0 radical (unpaired) electrons. The van der Waals surface area contributed by atoms with Gasteiger partial charge in [0.15, 0.2) is 5.69 Å². The first-order chi connectivity index (χ1) is 5.79. The number of aromatic nitrogens is 3. The monoisotopic (exact) mass is 168 g/mol. The van der Waals surface area contributed by atoms with Crippen LogP contribution in [0.2, 0.25) is 0 Å². The number of nitriles is 1. The number of halogens is 1.